The van der Waals surface area contributed by atoms with Gasteiger partial charge in [0.2, 0.25) is 5.89 Å². The molecule has 5 rings (SSSR count). The summed E-state index contributed by atoms with van der Waals surface area (Å²) >= 11 is 0. The van der Waals surface area contributed by atoms with Crippen LogP contribution >= 0.6 is 0 Å². The van der Waals surface area contributed by atoms with Crippen LogP contribution in [0.2, 0.25) is 0 Å². The van der Waals surface area contributed by atoms with Crippen molar-refractivity contribution in [3.05, 3.63) is 74.8 Å². The third-order valence-electron chi connectivity index (χ3n) is 6.24. The van der Waals surface area contributed by atoms with Gasteiger partial charge >= 0.3 is 0 Å². The molecule has 1 unspecified atom stereocenters. The Hall–Kier alpha value is -3.22. The monoisotopic (exact) mass is 404 g/mol. The lowest BCUT2D eigenvalue weighted by atomic mass is 10.1. The number of hydrogen-bond acceptors (Lipinski definition) is 5. The minimum Gasteiger partial charge on any atom is -0.337 e. The van der Waals surface area contributed by atoms with Gasteiger partial charge in [-0.25, -0.2) is 0 Å². The average Bonchev–Trinajstić information content (AvgIpc) is 3.47. The number of carbonyl (C=O) groups excluding carboxylic acids is 1. The molecule has 1 saturated heterocycles. The normalized spacial score (nSPS) is 18.1. The molecule has 0 saturated carbocycles. The van der Waals surface area contributed by atoms with Gasteiger partial charge in [0.25, 0.3) is 11.5 Å². The Kier molecular flexibility index (Phi) is 4.53. The third-order valence-corrected chi connectivity index (χ3v) is 6.24. The summed E-state index contributed by atoms with van der Waals surface area (Å²) in [5.41, 5.74) is 4.01. The van der Waals surface area contributed by atoms with Crippen molar-refractivity contribution in [1.29, 1.82) is 0 Å². The van der Waals surface area contributed by atoms with E-state index in [9.17, 15) is 9.59 Å². The summed E-state index contributed by atoms with van der Waals surface area (Å²) in [5, 5.41) is 3.86. The van der Waals surface area contributed by atoms with Crippen LogP contribution in [0.15, 0.2) is 39.8 Å². The van der Waals surface area contributed by atoms with Gasteiger partial charge in [0, 0.05) is 12.7 Å². The first-order valence-corrected chi connectivity index (χ1v) is 10.5. The Bertz CT molecular complexity index is 1190. The van der Waals surface area contributed by atoms with E-state index in [1.54, 1.807) is 22.6 Å². The molecular weight excluding hydrogens is 380 g/mol. The van der Waals surface area contributed by atoms with Crippen LogP contribution in [0.5, 0.6) is 0 Å². The van der Waals surface area contributed by atoms with E-state index in [0.717, 1.165) is 37.8 Å². The molecule has 1 aliphatic carbocycles. The zero-order valence-corrected chi connectivity index (χ0v) is 17.2. The highest BCUT2D eigenvalue weighted by atomic mass is 16.5. The van der Waals surface area contributed by atoms with Crippen LogP contribution in [0.25, 0.3) is 5.69 Å². The van der Waals surface area contributed by atoms with E-state index in [-0.39, 0.29) is 23.1 Å². The lowest BCUT2D eigenvalue weighted by Crippen LogP contribution is -2.37. The summed E-state index contributed by atoms with van der Waals surface area (Å²) < 4.78 is 6.96. The highest BCUT2D eigenvalue weighted by Crippen LogP contribution is 2.32. The van der Waals surface area contributed by atoms with E-state index in [1.807, 2.05) is 25.1 Å². The first kappa shape index (κ1) is 18.8. The Morgan fingerprint density at radius 2 is 2.03 bits per heavy atom. The van der Waals surface area contributed by atoms with E-state index < -0.39 is 0 Å². The topological polar surface area (TPSA) is 81.2 Å². The predicted molar refractivity (Wildman–Crippen MR) is 111 cm³/mol. The van der Waals surface area contributed by atoms with Crippen LogP contribution in [0.3, 0.4) is 0 Å². The maximum absolute atomic E-state index is 13.5. The Morgan fingerprint density at radius 3 is 2.83 bits per heavy atom. The van der Waals surface area contributed by atoms with Crippen molar-refractivity contribution >= 4 is 5.91 Å². The Balaban J connectivity index is 1.57. The van der Waals surface area contributed by atoms with Gasteiger partial charge in [0.15, 0.2) is 5.82 Å². The van der Waals surface area contributed by atoms with Crippen molar-refractivity contribution < 1.29 is 9.32 Å². The standard InChI is InChI=1S/C23H24N4O3/c1-14-11-13-27(18-9-4-7-16-6-3-8-17(16)18)23(29)20(14)22(28)26-12-5-10-19(26)21-24-15(2)25-30-21/h4,7,9,11,13,19H,3,5-6,8,10,12H2,1-2H3. The fraction of sp³-hybridized carbons (Fsp3) is 0.391. The first-order chi connectivity index (χ1) is 14.5. The lowest BCUT2D eigenvalue weighted by molar-refractivity contribution is 0.0707. The number of benzene rings is 1. The lowest BCUT2D eigenvalue weighted by Gasteiger charge is -2.23. The number of carbonyl (C=O) groups is 1. The van der Waals surface area contributed by atoms with Crippen LogP contribution in [0.4, 0.5) is 0 Å². The summed E-state index contributed by atoms with van der Waals surface area (Å²) in [6, 6.07) is 7.65. The van der Waals surface area contributed by atoms with Crippen molar-refractivity contribution in [1.82, 2.24) is 19.6 Å². The van der Waals surface area contributed by atoms with E-state index in [4.69, 9.17) is 4.52 Å². The van der Waals surface area contributed by atoms with Gasteiger partial charge in [0.1, 0.15) is 11.6 Å². The number of amides is 1. The highest BCUT2D eigenvalue weighted by Gasteiger charge is 2.36. The van der Waals surface area contributed by atoms with Crippen LogP contribution in [-0.4, -0.2) is 32.1 Å². The minimum absolute atomic E-state index is 0.219. The van der Waals surface area contributed by atoms with E-state index in [1.165, 1.54) is 11.1 Å². The maximum Gasteiger partial charge on any atom is 0.268 e. The van der Waals surface area contributed by atoms with Crippen molar-refractivity contribution in [3.63, 3.8) is 0 Å². The van der Waals surface area contributed by atoms with Crippen molar-refractivity contribution in [2.75, 3.05) is 6.54 Å². The first-order valence-electron chi connectivity index (χ1n) is 10.5. The summed E-state index contributed by atoms with van der Waals surface area (Å²) in [6.07, 6.45) is 6.46. The number of aromatic nitrogens is 3. The molecule has 1 aliphatic heterocycles. The summed E-state index contributed by atoms with van der Waals surface area (Å²) in [5.74, 6) is 0.714. The number of likely N-dealkylation sites (tertiary alicyclic amines) is 1. The zero-order chi connectivity index (χ0) is 20.8. The van der Waals surface area contributed by atoms with Gasteiger partial charge < -0.3 is 9.42 Å². The van der Waals surface area contributed by atoms with Crippen molar-refractivity contribution in [3.8, 4) is 5.69 Å². The quantitative estimate of drug-likeness (QED) is 0.669. The molecule has 0 N–H and O–H groups in total. The Labute approximate surface area is 174 Å². The highest BCUT2D eigenvalue weighted by molar-refractivity contribution is 5.95. The van der Waals surface area contributed by atoms with Crippen LogP contribution in [-0.2, 0) is 12.8 Å². The second-order valence-corrected chi connectivity index (χ2v) is 8.15. The molecular formula is C23H24N4O3. The molecule has 30 heavy (non-hydrogen) atoms. The molecule has 2 aliphatic rings. The van der Waals surface area contributed by atoms with Crippen molar-refractivity contribution in [2.24, 2.45) is 0 Å². The number of fused-ring (bicyclic) bond motifs is 1. The molecule has 0 radical (unpaired) electrons. The second-order valence-electron chi connectivity index (χ2n) is 8.15. The largest absolute Gasteiger partial charge is 0.337 e. The SMILES string of the molecule is Cc1noc(C2CCCN2C(=O)c2c(C)ccn(-c3cccc4c3CCC4)c2=O)n1. The van der Waals surface area contributed by atoms with Gasteiger partial charge in [-0.15, -0.1) is 0 Å². The molecule has 1 aromatic carbocycles. The maximum atomic E-state index is 13.5. The number of aryl methyl sites for hydroxylation is 3. The number of hydrogen-bond donors (Lipinski definition) is 0. The fourth-order valence-electron chi connectivity index (χ4n) is 4.76. The summed E-state index contributed by atoms with van der Waals surface area (Å²) in [4.78, 5) is 33.0. The van der Waals surface area contributed by atoms with Crippen LogP contribution < -0.4 is 5.56 Å². The molecule has 154 valence electrons. The molecule has 0 bridgehead atoms. The van der Waals surface area contributed by atoms with Gasteiger partial charge in [-0.1, -0.05) is 17.3 Å². The van der Waals surface area contributed by atoms with Gasteiger partial charge in [-0.2, -0.15) is 4.98 Å². The number of rotatable bonds is 3. The van der Waals surface area contributed by atoms with Gasteiger partial charge in [0.05, 0.1) is 5.69 Å². The molecule has 1 atom stereocenters. The molecule has 3 heterocycles. The number of nitrogens with zero attached hydrogens (tertiary/aromatic N) is 4. The predicted octanol–water partition coefficient (Wildman–Crippen LogP) is 3.30. The summed E-state index contributed by atoms with van der Waals surface area (Å²) in [7, 11) is 0. The van der Waals surface area contributed by atoms with Gasteiger partial charge in [-0.3, -0.25) is 14.2 Å². The molecule has 3 aromatic rings. The Morgan fingerprint density at radius 1 is 1.17 bits per heavy atom. The number of pyridine rings is 1. The smallest absolute Gasteiger partial charge is 0.268 e. The molecule has 0 spiro atoms. The van der Waals surface area contributed by atoms with E-state index in [0.29, 0.717) is 23.8 Å². The van der Waals surface area contributed by atoms with E-state index in [2.05, 4.69) is 16.2 Å². The average molecular weight is 404 g/mol. The molecule has 7 heteroatoms. The minimum atomic E-state index is -0.285. The van der Waals surface area contributed by atoms with Gasteiger partial charge in [-0.05, 0) is 74.8 Å². The van der Waals surface area contributed by atoms with Crippen molar-refractivity contribution in [2.45, 2.75) is 52.0 Å². The van der Waals surface area contributed by atoms with Crippen LogP contribution in [0, 0.1) is 13.8 Å². The second kappa shape index (κ2) is 7.23. The molecule has 1 amide bonds. The molecule has 1 fully saturated rings. The molecule has 7 nitrogen and oxygen atoms in total. The van der Waals surface area contributed by atoms with Crippen LogP contribution in [0.1, 0.15) is 64.1 Å². The molecule has 2 aromatic heterocycles. The third kappa shape index (κ3) is 2.96. The fourth-order valence-corrected chi connectivity index (χ4v) is 4.76. The zero-order valence-electron chi connectivity index (χ0n) is 17.2. The summed E-state index contributed by atoms with van der Waals surface area (Å²) in [6.45, 7) is 4.14. The van der Waals surface area contributed by atoms with E-state index >= 15 is 0 Å².